The summed E-state index contributed by atoms with van der Waals surface area (Å²) in [6.45, 7) is 1.79. The third kappa shape index (κ3) is 3.18. The average Bonchev–Trinajstić information content (AvgIpc) is 3.14. The first kappa shape index (κ1) is 17.4. The zero-order valence-electron chi connectivity index (χ0n) is 15.8. The van der Waals surface area contributed by atoms with E-state index >= 15 is 0 Å². The third-order valence-electron chi connectivity index (χ3n) is 5.86. The highest BCUT2D eigenvalue weighted by molar-refractivity contribution is 5.88. The van der Waals surface area contributed by atoms with Crippen molar-refractivity contribution in [2.75, 3.05) is 12.0 Å². The predicted octanol–water partition coefficient (Wildman–Crippen LogP) is 4.73. The molecule has 0 unspecified atom stereocenters. The number of hydrazine groups is 1. The molecular weight excluding hydrogens is 353 g/mol. The van der Waals surface area contributed by atoms with Crippen LogP contribution in [0.4, 0.5) is 10.2 Å². The summed E-state index contributed by atoms with van der Waals surface area (Å²) in [5.74, 6) is 0.780. The molecule has 1 aliphatic heterocycles. The summed E-state index contributed by atoms with van der Waals surface area (Å²) in [5, 5.41) is 7.29. The number of benzene rings is 1. The number of rotatable bonds is 3. The quantitative estimate of drug-likeness (QED) is 0.717. The Kier molecular flexibility index (Phi) is 4.56. The van der Waals surface area contributed by atoms with Gasteiger partial charge in [0.15, 0.2) is 0 Å². The second-order valence-corrected chi connectivity index (χ2v) is 7.64. The van der Waals surface area contributed by atoms with Gasteiger partial charge in [0.2, 0.25) is 0 Å². The van der Waals surface area contributed by atoms with Gasteiger partial charge in [0, 0.05) is 30.5 Å². The lowest BCUT2D eigenvalue weighted by atomic mass is 9.95. The molecule has 1 aromatic carbocycles. The van der Waals surface area contributed by atoms with E-state index in [-0.39, 0.29) is 5.82 Å². The van der Waals surface area contributed by atoms with E-state index in [1.165, 1.54) is 44.2 Å². The van der Waals surface area contributed by atoms with E-state index < -0.39 is 0 Å². The van der Waals surface area contributed by atoms with Gasteiger partial charge in [0.05, 0.1) is 12.1 Å². The molecule has 0 radical (unpaired) electrons. The Hall–Kier alpha value is -2.73. The summed E-state index contributed by atoms with van der Waals surface area (Å²) in [6.07, 6.45) is 10.1. The second-order valence-electron chi connectivity index (χ2n) is 7.64. The number of nitrogens with zero attached hydrogens (tertiary/aromatic N) is 4. The van der Waals surface area contributed by atoms with Crippen molar-refractivity contribution in [2.24, 2.45) is 0 Å². The van der Waals surface area contributed by atoms with E-state index in [9.17, 15) is 4.39 Å². The largest absolute Gasteiger partial charge is 0.302 e. The van der Waals surface area contributed by atoms with Gasteiger partial charge in [-0.05, 0) is 54.8 Å². The Bertz CT molecular complexity index is 945. The molecule has 5 nitrogen and oxygen atoms in total. The van der Waals surface area contributed by atoms with Crippen molar-refractivity contribution in [3.05, 3.63) is 54.6 Å². The molecule has 144 valence electrons. The van der Waals surface area contributed by atoms with Gasteiger partial charge in [-0.25, -0.2) is 14.1 Å². The summed E-state index contributed by atoms with van der Waals surface area (Å²) in [4.78, 5) is 4.16. The molecule has 5 rings (SSSR count). The van der Waals surface area contributed by atoms with Gasteiger partial charge >= 0.3 is 0 Å². The van der Waals surface area contributed by atoms with Gasteiger partial charge in [-0.1, -0.05) is 19.3 Å². The standard InChI is InChI=1S/C22H24FN5/c23-18-8-6-17(7-9-18)21-20(16-10-12-24-13-11-16)22-26-27(14-15-28(22)25-21)19-4-2-1-3-5-19/h6-13,19,26H,1-5,14-15H2. The molecule has 0 atom stereocenters. The van der Waals surface area contributed by atoms with Crippen LogP contribution >= 0.6 is 0 Å². The van der Waals surface area contributed by atoms with Gasteiger partial charge in [-0.2, -0.15) is 5.10 Å². The zero-order valence-corrected chi connectivity index (χ0v) is 15.8. The Morgan fingerprint density at radius 1 is 0.893 bits per heavy atom. The van der Waals surface area contributed by atoms with Crippen LogP contribution in [0.15, 0.2) is 48.8 Å². The van der Waals surface area contributed by atoms with Crippen LogP contribution in [0.5, 0.6) is 0 Å². The van der Waals surface area contributed by atoms with Crippen molar-refractivity contribution in [2.45, 2.75) is 44.7 Å². The molecule has 1 fully saturated rings. The fraction of sp³-hybridized carbons (Fsp3) is 0.364. The Balaban J connectivity index is 1.58. The minimum atomic E-state index is -0.236. The SMILES string of the molecule is Fc1ccc(-c2nn3c(c2-c2ccncc2)NN(C2CCCCC2)CC3)cc1. The summed E-state index contributed by atoms with van der Waals surface area (Å²) in [5.41, 5.74) is 7.58. The molecule has 0 amide bonds. The third-order valence-corrected chi connectivity index (χ3v) is 5.86. The number of hydrogen-bond acceptors (Lipinski definition) is 4. The van der Waals surface area contributed by atoms with Crippen molar-refractivity contribution in [3.63, 3.8) is 0 Å². The van der Waals surface area contributed by atoms with Gasteiger partial charge in [-0.15, -0.1) is 0 Å². The molecule has 0 saturated heterocycles. The molecule has 6 heteroatoms. The van der Waals surface area contributed by atoms with Gasteiger partial charge in [0.1, 0.15) is 17.3 Å². The smallest absolute Gasteiger partial charge is 0.147 e. The first-order valence-corrected chi connectivity index (χ1v) is 10.1. The maximum absolute atomic E-state index is 13.5. The highest BCUT2D eigenvalue weighted by atomic mass is 19.1. The van der Waals surface area contributed by atoms with E-state index in [4.69, 9.17) is 5.10 Å². The minimum Gasteiger partial charge on any atom is -0.302 e. The molecule has 3 heterocycles. The van der Waals surface area contributed by atoms with E-state index in [1.807, 2.05) is 16.8 Å². The topological polar surface area (TPSA) is 46.0 Å². The van der Waals surface area contributed by atoms with Crippen molar-refractivity contribution in [3.8, 4) is 22.4 Å². The van der Waals surface area contributed by atoms with E-state index in [2.05, 4.69) is 15.4 Å². The maximum Gasteiger partial charge on any atom is 0.147 e. The number of aromatic nitrogens is 3. The molecule has 1 aliphatic carbocycles. The number of fused-ring (bicyclic) bond motifs is 1. The normalized spacial score (nSPS) is 17.9. The number of pyridine rings is 1. The first-order valence-electron chi connectivity index (χ1n) is 10.1. The Labute approximate surface area is 164 Å². The fourth-order valence-electron chi connectivity index (χ4n) is 4.40. The molecule has 1 N–H and O–H groups in total. The Morgan fingerprint density at radius 2 is 1.64 bits per heavy atom. The lowest BCUT2D eigenvalue weighted by Gasteiger charge is -2.38. The number of nitrogens with one attached hydrogen (secondary N) is 1. The van der Waals surface area contributed by atoms with Crippen molar-refractivity contribution >= 4 is 5.82 Å². The van der Waals surface area contributed by atoms with Crippen molar-refractivity contribution < 1.29 is 4.39 Å². The maximum atomic E-state index is 13.5. The van der Waals surface area contributed by atoms with E-state index in [1.54, 1.807) is 24.5 Å². The van der Waals surface area contributed by atoms with Gasteiger partial charge in [0.25, 0.3) is 0 Å². The van der Waals surface area contributed by atoms with Crippen molar-refractivity contribution in [1.82, 2.24) is 19.8 Å². The molecule has 0 spiro atoms. The second kappa shape index (κ2) is 7.36. The average molecular weight is 377 g/mol. The molecule has 0 bridgehead atoms. The lowest BCUT2D eigenvalue weighted by molar-refractivity contribution is 0.168. The lowest BCUT2D eigenvalue weighted by Crippen LogP contribution is -2.46. The van der Waals surface area contributed by atoms with Crippen LogP contribution in [0.25, 0.3) is 22.4 Å². The number of halogens is 1. The summed E-state index contributed by atoms with van der Waals surface area (Å²) < 4.78 is 15.5. The van der Waals surface area contributed by atoms with Crippen LogP contribution < -0.4 is 5.43 Å². The molecule has 1 saturated carbocycles. The zero-order chi connectivity index (χ0) is 18.9. The molecule has 2 aromatic heterocycles. The molecular formula is C22H24FN5. The molecule has 2 aliphatic rings. The van der Waals surface area contributed by atoms with Crippen LogP contribution in [0, 0.1) is 5.82 Å². The summed E-state index contributed by atoms with van der Waals surface area (Å²) in [6, 6.07) is 11.2. The summed E-state index contributed by atoms with van der Waals surface area (Å²) in [7, 11) is 0. The Morgan fingerprint density at radius 3 is 2.39 bits per heavy atom. The van der Waals surface area contributed by atoms with Crippen LogP contribution in [0.2, 0.25) is 0 Å². The van der Waals surface area contributed by atoms with Crippen molar-refractivity contribution in [1.29, 1.82) is 0 Å². The number of anilines is 1. The highest BCUT2D eigenvalue weighted by Crippen LogP contribution is 2.39. The van der Waals surface area contributed by atoms with E-state index in [0.717, 1.165) is 41.3 Å². The highest BCUT2D eigenvalue weighted by Gasteiger charge is 2.29. The van der Waals surface area contributed by atoms with Gasteiger partial charge < -0.3 is 5.43 Å². The van der Waals surface area contributed by atoms with E-state index in [0.29, 0.717) is 6.04 Å². The fourth-order valence-corrected chi connectivity index (χ4v) is 4.40. The summed E-state index contributed by atoms with van der Waals surface area (Å²) >= 11 is 0. The van der Waals surface area contributed by atoms with Gasteiger partial charge in [-0.3, -0.25) is 4.98 Å². The monoisotopic (exact) mass is 377 g/mol. The molecule has 3 aromatic rings. The van der Waals surface area contributed by atoms with Crippen LogP contribution in [0.3, 0.4) is 0 Å². The predicted molar refractivity (Wildman–Crippen MR) is 108 cm³/mol. The molecule has 28 heavy (non-hydrogen) atoms. The van der Waals surface area contributed by atoms with Crippen LogP contribution in [0.1, 0.15) is 32.1 Å². The van der Waals surface area contributed by atoms with Crippen LogP contribution in [-0.2, 0) is 6.54 Å². The minimum absolute atomic E-state index is 0.236. The van der Waals surface area contributed by atoms with Crippen LogP contribution in [-0.4, -0.2) is 32.4 Å². The number of hydrogen-bond donors (Lipinski definition) is 1. The first-order chi connectivity index (χ1) is 13.8.